The lowest BCUT2D eigenvalue weighted by Gasteiger charge is -2.27. The van der Waals surface area contributed by atoms with E-state index < -0.39 is 5.97 Å². The summed E-state index contributed by atoms with van der Waals surface area (Å²) in [6, 6.07) is 9.27. The SMILES string of the molecule is Cc1ccsc1C(=O)N1CCc2c(sc(NC(=O)c3ccc(C(C)(C)C)cc3)c2C(=O)O)C1. The Morgan fingerprint density at radius 1 is 1.09 bits per heavy atom. The highest BCUT2D eigenvalue weighted by molar-refractivity contribution is 7.17. The van der Waals surface area contributed by atoms with Crippen LogP contribution in [0.4, 0.5) is 5.00 Å². The van der Waals surface area contributed by atoms with E-state index in [-0.39, 0.29) is 22.8 Å². The molecule has 2 N–H and O–H groups in total. The van der Waals surface area contributed by atoms with E-state index in [1.807, 2.05) is 30.5 Å². The van der Waals surface area contributed by atoms with Crippen molar-refractivity contribution in [3.63, 3.8) is 0 Å². The molecule has 0 fully saturated rings. The number of carboxylic acids is 1. The summed E-state index contributed by atoms with van der Waals surface area (Å²) in [5, 5.41) is 14.9. The first kappa shape index (κ1) is 23.2. The Hall–Kier alpha value is -2.97. The van der Waals surface area contributed by atoms with Crippen molar-refractivity contribution >= 4 is 45.5 Å². The van der Waals surface area contributed by atoms with Crippen molar-refractivity contribution in [2.45, 2.75) is 46.1 Å². The number of rotatable bonds is 4. The first-order valence-electron chi connectivity index (χ1n) is 10.7. The van der Waals surface area contributed by atoms with Crippen molar-refractivity contribution in [3.8, 4) is 0 Å². The zero-order chi connectivity index (χ0) is 23.9. The van der Waals surface area contributed by atoms with Gasteiger partial charge in [-0.1, -0.05) is 32.9 Å². The number of hydrogen-bond acceptors (Lipinski definition) is 5. The Bertz CT molecular complexity index is 1230. The van der Waals surface area contributed by atoms with Gasteiger partial charge in [-0.2, -0.15) is 0 Å². The molecule has 0 aliphatic carbocycles. The van der Waals surface area contributed by atoms with Crippen LogP contribution in [0.2, 0.25) is 0 Å². The number of carbonyl (C=O) groups excluding carboxylic acids is 2. The minimum atomic E-state index is -1.07. The van der Waals surface area contributed by atoms with Crippen LogP contribution in [0.1, 0.15) is 72.7 Å². The van der Waals surface area contributed by atoms with Crippen LogP contribution in [0.5, 0.6) is 0 Å². The lowest BCUT2D eigenvalue weighted by Crippen LogP contribution is -2.35. The highest BCUT2D eigenvalue weighted by atomic mass is 32.1. The van der Waals surface area contributed by atoms with Crippen LogP contribution in [0.15, 0.2) is 35.7 Å². The molecule has 33 heavy (non-hydrogen) atoms. The number of nitrogens with one attached hydrogen (secondary N) is 1. The van der Waals surface area contributed by atoms with Crippen LogP contribution in [0.3, 0.4) is 0 Å². The monoisotopic (exact) mass is 482 g/mol. The third-order valence-electron chi connectivity index (χ3n) is 5.85. The second-order valence-corrected chi connectivity index (χ2v) is 11.2. The van der Waals surface area contributed by atoms with Crippen molar-refractivity contribution in [2.75, 3.05) is 11.9 Å². The highest BCUT2D eigenvalue weighted by Crippen LogP contribution is 2.38. The fourth-order valence-electron chi connectivity index (χ4n) is 3.92. The summed E-state index contributed by atoms with van der Waals surface area (Å²) >= 11 is 2.66. The smallest absolute Gasteiger partial charge is 0.339 e. The number of nitrogens with zero attached hydrogens (tertiary/aromatic N) is 1. The summed E-state index contributed by atoms with van der Waals surface area (Å²) in [7, 11) is 0. The van der Waals surface area contributed by atoms with Crippen LogP contribution in [-0.4, -0.2) is 34.3 Å². The van der Waals surface area contributed by atoms with E-state index in [9.17, 15) is 19.5 Å². The topological polar surface area (TPSA) is 86.7 Å². The van der Waals surface area contributed by atoms with Gasteiger partial charge in [0.15, 0.2) is 0 Å². The Morgan fingerprint density at radius 2 is 1.79 bits per heavy atom. The summed E-state index contributed by atoms with van der Waals surface area (Å²) in [6.45, 7) is 9.00. The molecule has 172 valence electrons. The van der Waals surface area contributed by atoms with Crippen molar-refractivity contribution in [3.05, 3.63) is 73.3 Å². The summed E-state index contributed by atoms with van der Waals surface area (Å²) in [4.78, 5) is 41.1. The maximum absolute atomic E-state index is 12.9. The third-order valence-corrected chi connectivity index (χ3v) is 7.99. The fourth-order valence-corrected chi connectivity index (χ4v) is 6.07. The number of benzene rings is 1. The molecule has 0 unspecified atom stereocenters. The molecule has 3 aromatic rings. The van der Waals surface area contributed by atoms with Gasteiger partial charge in [0.2, 0.25) is 0 Å². The van der Waals surface area contributed by atoms with Crippen LogP contribution < -0.4 is 5.32 Å². The minimum absolute atomic E-state index is 0.0246. The van der Waals surface area contributed by atoms with Gasteiger partial charge in [0, 0.05) is 17.0 Å². The summed E-state index contributed by atoms with van der Waals surface area (Å²) in [5.74, 6) is -1.46. The molecule has 0 bridgehead atoms. The standard InChI is InChI=1S/C25H26N2O4S2/c1-14-10-12-32-20(14)23(29)27-11-9-17-18(13-27)33-22(19(17)24(30)31)26-21(28)15-5-7-16(8-6-15)25(2,3)4/h5-8,10,12H,9,11,13H2,1-4H3,(H,26,28)(H,30,31). The molecule has 1 aliphatic heterocycles. The number of aromatic carboxylic acids is 1. The molecule has 0 atom stereocenters. The Balaban J connectivity index is 1.57. The zero-order valence-electron chi connectivity index (χ0n) is 19.0. The van der Waals surface area contributed by atoms with Gasteiger partial charge in [0.05, 0.1) is 17.0 Å². The number of carbonyl (C=O) groups is 3. The quantitative estimate of drug-likeness (QED) is 0.509. The van der Waals surface area contributed by atoms with Crippen molar-refractivity contribution in [1.29, 1.82) is 0 Å². The number of amides is 2. The van der Waals surface area contributed by atoms with Gasteiger partial charge in [-0.3, -0.25) is 9.59 Å². The van der Waals surface area contributed by atoms with Crippen molar-refractivity contribution in [1.82, 2.24) is 4.90 Å². The van der Waals surface area contributed by atoms with E-state index in [4.69, 9.17) is 0 Å². The second kappa shape index (κ2) is 8.76. The number of carboxylic acid groups (broad SMARTS) is 1. The van der Waals surface area contributed by atoms with Crippen LogP contribution in [-0.2, 0) is 18.4 Å². The highest BCUT2D eigenvalue weighted by Gasteiger charge is 2.31. The van der Waals surface area contributed by atoms with Gasteiger partial charge >= 0.3 is 5.97 Å². The van der Waals surface area contributed by atoms with Crippen molar-refractivity contribution in [2.24, 2.45) is 0 Å². The van der Waals surface area contributed by atoms with E-state index in [1.165, 1.54) is 22.7 Å². The van der Waals surface area contributed by atoms with Gasteiger partial charge in [0.25, 0.3) is 11.8 Å². The first-order valence-corrected chi connectivity index (χ1v) is 12.4. The maximum Gasteiger partial charge on any atom is 0.339 e. The Morgan fingerprint density at radius 3 is 2.36 bits per heavy atom. The molecule has 0 spiro atoms. The van der Waals surface area contributed by atoms with Gasteiger partial charge < -0.3 is 15.3 Å². The molecule has 6 nitrogen and oxygen atoms in total. The molecule has 0 radical (unpaired) electrons. The number of aryl methyl sites for hydroxylation is 1. The molecular weight excluding hydrogens is 456 g/mol. The molecule has 0 saturated heterocycles. The van der Waals surface area contributed by atoms with Gasteiger partial charge in [-0.25, -0.2) is 4.79 Å². The largest absolute Gasteiger partial charge is 0.478 e. The Kier molecular flexibility index (Phi) is 6.16. The summed E-state index contributed by atoms with van der Waals surface area (Å²) in [6.07, 6.45) is 0.444. The number of fused-ring (bicyclic) bond motifs is 1. The maximum atomic E-state index is 12.9. The van der Waals surface area contributed by atoms with E-state index in [2.05, 4.69) is 26.1 Å². The van der Waals surface area contributed by atoms with E-state index in [0.29, 0.717) is 40.5 Å². The van der Waals surface area contributed by atoms with E-state index >= 15 is 0 Å². The zero-order valence-corrected chi connectivity index (χ0v) is 20.7. The molecule has 2 aromatic heterocycles. The first-order chi connectivity index (χ1) is 15.6. The van der Waals surface area contributed by atoms with Crippen LogP contribution in [0.25, 0.3) is 0 Å². The third kappa shape index (κ3) is 4.58. The molecule has 0 saturated carbocycles. The lowest BCUT2D eigenvalue weighted by molar-refractivity contribution is 0.0696. The predicted molar refractivity (Wildman–Crippen MR) is 132 cm³/mol. The number of thiophene rings is 2. The van der Waals surface area contributed by atoms with Crippen molar-refractivity contribution < 1.29 is 19.5 Å². The van der Waals surface area contributed by atoms with Gasteiger partial charge in [0.1, 0.15) is 5.00 Å². The fraction of sp³-hybridized carbons (Fsp3) is 0.320. The van der Waals surface area contributed by atoms with Crippen LogP contribution >= 0.6 is 22.7 Å². The lowest BCUT2D eigenvalue weighted by atomic mass is 9.87. The average molecular weight is 483 g/mol. The summed E-state index contributed by atoms with van der Waals surface area (Å²) in [5.41, 5.74) is 3.34. The Labute approximate surface area is 200 Å². The normalized spacial score (nSPS) is 13.5. The van der Waals surface area contributed by atoms with E-state index in [0.717, 1.165) is 16.0 Å². The number of hydrogen-bond donors (Lipinski definition) is 2. The van der Waals surface area contributed by atoms with Gasteiger partial charge in [-0.15, -0.1) is 22.7 Å². The van der Waals surface area contributed by atoms with Crippen LogP contribution in [0, 0.1) is 6.92 Å². The molecule has 1 aliphatic rings. The van der Waals surface area contributed by atoms with Gasteiger partial charge in [-0.05, 0) is 59.0 Å². The predicted octanol–water partition coefficient (Wildman–Crippen LogP) is 5.56. The average Bonchev–Trinajstić information content (AvgIpc) is 3.34. The molecule has 4 rings (SSSR count). The minimum Gasteiger partial charge on any atom is -0.478 e. The molecule has 8 heteroatoms. The molecule has 1 aromatic carbocycles. The molecule has 2 amide bonds. The molecular formula is C25H26N2O4S2. The molecule has 3 heterocycles. The van der Waals surface area contributed by atoms with E-state index in [1.54, 1.807) is 17.0 Å². The number of anilines is 1. The second-order valence-electron chi connectivity index (χ2n) is 9.20. The summed E-state index contributed by atoms with van der Waals surface area (Å²) < 4.78 is 0.